The third-order valence-electron chi connectivity index (χ3n) is 1.81. The Bertz CT molecular complexity index is 413. The Hall–Kier alpha value is -1.20. The van der Waals surface area contributed by atoms with Crippen LogP contribution in [0.4, 0.5) is 0 Å². The summed E-state index contributed by atoms with van der Waals surface area (Å²) >= 11 is 11.4. The number of carbonyl (C=O) groups excluding carboxylic acids is 1. The van der Waals surface area contributed by atoms with Gasteiger partial charge in [-0.1, -0.05) is 37.0 Å². The molecule has 0 atom stereocenters. The van der Waals surface area contributed by atoms with Crippen LogP contribution in [0.5, 0.6) is 0 Å². The Labute approximate surface area is 103 Å². The van der Waals surface area contributed by atoms with Crippen molar-refractivity contribution in [3.05, 3.63) is 22.2 Å². The summed E-state index contributed by atoms with van der Waals surface area (Å²) in [6.45, 7) is 3.57. The lowest BCUT2D eigenvalue weighted by atomic mass is 10.2. The molecule has 16 heavy (non-hydrogen) atoms. The summed E-state index contributed by atoms with van der Waals surface area (Å²) < 4.78 is 0. The summed E-state index contributed by atoms with van der Waals surface area (Å²) in [6, 6.07) is 0. The van der Waals surface area contributed by atoms with Gasteiger partial charge in [0.15, 0.2) is 0 Å². The molecule has 0 aliphatic heterocycles. The van der Waals surface area contributed by atoms with Crippen LogP contribution in [0.1, 0.15) is 24.2 Å². The van der Waals surface area contributed by atoms with E-state index in [0.29, 0.717) is 0 Å². The maximum atomic E-state index is 11.7. The largest absolute Gasteiger partial charge is 0.310 e. The predicted molar refractivity (Wildman–Crippen MR) is 62.1 cm³/mol. The highest BCUT2D eigenvalue weighted by Gasteiger charge is 2.18. The predicted octanol–water partition coefficient (Wildman–Crippen LogP) is 2.15. The lowest BCUT2D eigenvalue weighted by molar-refractivity contribution is 0.0975. The van der Waals surface area contributed by atoms with Gasteiger partial charge in [-0.25, -0.2) is 9.97 Å². The molecular formula is C9H10Cl2N4O. The molecule has 0 aliphatic carbocycles. The van der Waals surface area contributed by atoms with Crippen molar-refractivity contribution < 1.29 is 4.79 Å². The minimum Gasteiger partial charge on any atom is -0.310 e. The van der Waals surface area contributed by atoms with E-state index in [1.807, 2.05) is 0 Å². The molecule has 0 bridgehead atoms. The van der Waals surface area contributed by atoms with Gasteiger partial charge in [0, 0.05) is 5.92 Å². The number of aromatic nitrogens is 2. The van der Waals surface area contributed by atoms with Crippen LogP contribution in [0.15, 0.2) is 6.33 Å². The molecule has 0 unspecified atom stereocenters. The number of carbonyl (C=O) groups is 1. The Kier molecular flexibility index (Phi) is 4.20. The van der Waals surface area contributed by atoms with Gasteiger partial charge < -0.3 is 5.32 Å². The van der Waals surface area contributed by atoms with Crippen molar-refractivity contribution in [2.45, 2.75) is 13.8 Å². The van der Waals surface area contributed by atoms with E-state index in [1.54, 1.807) is 13.8 Å². The molecule has 7 heteroatoms. The Morgan fingerprint density at radius 3 is 2.31 bits per heavy atom. The fraction of sp³-hybridized carbons (Fsp3) is 0.333. The van der Waals surface area contributed by atoms with Crippen molar-refractivity contribution in [3.8, 4) is 0 Å². The number of rotatable bonds is 2. The van der Waals surface area contributed by atoms with Crippen molar-refractivity contribution in [2.24, 2.45) is 5.92 Å². The fourth-order valence-corrected chi connectivity index (χ4v) is 1.35. The fourth-order valence-electron chi connectivity index (χ4n) is 0.861. The van der Waals surface area contributed by atoms with E-state index in [9.17, 15) is 4.79 Å². The molecule has 0 fully saturated rings. The first kappa shape index (κ1) is 12.9. The maximum absolute atomic E-state index is 11.7. The van der Waals surface area contributed by atoms with E-state index in [4.69, 9.17) is 28.6 Å². The first-order valence-corrected chi connectivity index (χ1v) is 5.25. The molecule has 1 aromatic heterocycles. The Morgan fingerprint density at radius 1 is 1.38 bits per heavy atom. The van der Waals surface area contributed by atoms with Gasteiger partial charge in [-0.2, -0.15) is 0 Å². The molecule has 1 heterocycles. The number of amidine groups is 1. The molecular weight excluding hydrogens is 251 g/mol. The standard InChI is InChI=1S/C9H10Cl2N4O/c1-4(2)8(12)15-9(16)5-6(10)13-3-14-7(5)11/h3-4H,1-2H3,(H2,12,15,16). The van der Waals surface area contributed by atoms with Gasteiger partial charge in [-0.15, -0.1) is 0 Å². The van der Waals surface area contributed by atoms with Crippen LogP contribution in [-0.4, -0.2) is 21.7 Å². The van der Waals surface area contributed by atoms with Gasteiger partial charge in [0.25, 0.3) is 5.91 Å². The normalized spacial score (nSPS) is 10.3. The molecule has 5 nitrogen and oxygen atoms in total. The van der Waals surface area contributed by atoms with Crippen LogP contribution in [0.2, 0.25) is 10.3 Å². The van der Waals surface area contributed by atoms with Crippen LogP contribution in [0.3, 0.4) is 0 Å². The number of hydrogen-bond donors (Lipinski definition) is 2. The first-order chi connectivity index (χ1) is 7.43. The summed E-state index contributed by atoms with van der Waals surface area (Å²) in [4.78, 5) is 19.0. The zero-order valence-electron chi connectivity index (χ0n) is 8.71. The number of nitrogens with one attached hydrogen (secondary N) is 2. The second-order valence-corrected chi connectivity index (χ2v) is 4.07. The van der Waals surface area contributed by atoms with Crippen LogP contribution in [0, 0.1) is 11.3 Å². The molecule has 0 saturated carbocycles. The average molecular weight is 261 g/mol. The van der Waals surface area contributed by atoms with Crippen LogP contribution >= 0.6 is 23.2 Å². The van der Waals surface area contributed by atoms with Gasteiger partial charge in [-0.05, 0) is 0 Å². The Balaban J connectivity index is 2.93. The lowest BCUT2D eigenvalue weighted by Crippen LogP contribution is -2.33. The van der Waals surface area contributed by atoms with E-state index >= 15 is 0 Å². The highest BCUT2D eigenvalue weighted by Crippen LogP contribution is 2.19. The molecule has 86 valence electrons. The molecule has 1 rings (SSSR count). The first-order valence-electron chi connectivity index (χ1n) is 4.49. The zero-order valence-corrected chi connectivity index (χ0v) is 10.2. The smallest absolute Gasteiger partial charge is 0.262 e. The quantitative estimate of drug-likeness (QED) is 0.486. The van der Waals surface area contributed by atoms with Crippen molar-refractivity contribution in [2.75, 3.05) is 0 Å². The molecule has 1 aromatic rings. The Morgan fingerprint density at radius 2 is 1.88 bits per heavy atom. The van der Waals surface area contributed by atoms with Gasteiger partial charge in [-0.3, -0.25) is 10.2 Å². The molecule has 0 saturated heterocycles. The van der Waals surface area contributed by atoms with E-state index in [2.05, 4.69) is 15.3 Å². The summed E-state index contributed by atoms with van der Waals surface area (Å²) in [5.74, 6) is -0.582. The highest BCUT2D eigenvalue weighted by atomic mass is 35.5. The van der Waals surface area contributed by atoms with Crippen LogP contribution in [-0.2, 0) is 0 Å². The number of nitrogens with zero attached hydrogens (tertiary/aromatic N) is 2. The van der Waals surface area contributed by atoms with Gasteiger partial charge in [0.2, 0.25) is 0 Å². The minimum absolute atomic E-state index is 0.0174. The van der Waals surface area contributed by atoms with Crippen LogP contribution < -0.4 is 5.32 Å². The van der Waals surface area contributed by atoms with E-state index < -0.39 is 5.91 Å². The van der Waals surface area contributed by atoms with E-state index in [1.165, 1.54) is 0 Å². The van der Waals surface area contributed by atoms with Gasteiger partial charge in [0.05, 0.1) is 0 Å². The average Bonchev–Trinajstić information content (AvgIpc) is 2.16. The third kappa shape index (κ3) is 2.90. The molecule has 0 aromatic carbocycles. The molecule has 0 spiro atoms. The lowest BCUT2D eigenvalue weighted by Gasteiger charge is -2.10. The van der Waals surface area contributed by atoms with Crippen molar-refractivity contribution in [1.82, 2.24) is 15.3 Å². The topological polar surface area (TPSA) is 78.7 Å². The van der Waals surface area contributed by atoms with Crippen molar-refractivity contribution >= 4 is 34.9 Å². The van der Waals surface area contributed by atoms with Crippen molar-refractivity contribution in [1.29, 1.82) is 5.41 Å². The van der Waals surface area contributed by atoms with Gasteiger partial charge >= 0.3 is 0 Å². The third-order valence-corrected chi connectivity index (χ3v) is 2.38. The number of amides is 1. The highest BCUT2D eigenvalue weighted by molar-refractivity contribution is 6.38. The second-order valence-electron chi connectivity index (χ2n) is 3.35. The SMILES string of the molecule is CC(C)C(=N)NC(=O)c1c(Cl)ncnc1Cl. The summed E-state index contributed by atoms with van der Waals surface area (Å²) in [7, 11) is 0. The zero-order chi connectivity index (χ0) is 12.3. The molecule has 2 N–H and O–H groups in total. The summed E-state index contributed by atoms with van der Waals surface area (Å²) in [5.41, 5.74) is -0.0174. The van der Waals surface area contributed by atoms with Crippen LogP contribution in [0.25, 0.3) is 0 Å². The maximum Gasteiger partial charge on any atom is 0.262 e. The monoisotopic (exact) mass is 260 g/mol. The van der Waals surface area contributed by atoms with E-state index in [-0.39, 0.29) is 27.6 Å². The summed E-state index contributed by atoms with van der Waals surface area (Å²) in [5, 5.41) is 9.81. The summed E-state index contributed by atoms with van der Waals surface area (Å²) in [6.07, 6.45) is 1.16. The number of hydrogen-bond acceptors (Lipinski definition) is 4. The van der Waals surface area contributed by atoms with Gasteiger partial charge in [0.1, 0.15) is 28.0 Å². The molecule has 0 aliphatic rings. The van der Waals surface area contributed by atoms with E-state index in [0.717, 1.165) is 6.33 Å². The second kappa shape index (κ2) is 5.23. The molecule has 0 radical (unpaired) electrons. The van der Waals surface area contributed by atoms with Crippen molar-refractivity contribution in [3.63, 3.8) is 0 Å². The molecule has 1 amide bonds. The number of halogens is 2. The minimum atomic E-state index is -0.575.